The summed E-state index contributed by atoms with van der Waals surface area (Å²) < 4.78 is 44.3. The lowest BCUT2D eigenvalue weighted by Gasteiger charge is -2.54. The SMILES string of the molecule is C[C@]12CC[C@H]3[C@@H](CC=C4C[C@](O)(CF)CC[C@@H]43)[C@@H]1CC[C@@H]2C(=O)CSS(=O)(=O)O. The molecule has 5 nitrogen and oxygen atoms in total. The van der Waals surface area contributed by atoms with Crippen LogP contribution in [0.5, 0.6) is 0 Å². The highest BCUT2D eigenvalue weighted by molar-refractivity contribution is 8.70. The van der Waals surface area contributed by atoms with Gasteiger partial charge in [0.15, 0.2) is 0 Å². The third kappa shape index (κ3) is 3.94. The highest BCUT2D eigenvalue weighted by atomic mass is 33.1. The number of ketones is 1. The van der Waals surface area contributed by atoms with E-state index in [1.54, 1.807) is 0 Å². The molecule has 3 saturated carbocycles. The molecular formula is C21H31FO5S2. The summed E-state index contributed by atoms with van der Waals surface area (Å²) in [7, 11) is -3.88. The Bertz CT molecular complexity index is 812. The van der Waals surface area contributed by atoms with Gasteiger partial charge in [0, 0.05) is 16.7 Å². The van der Waals surface area contributed by atoms with Crippen LogP contribution in [0.15, 0.2) is 11.6 Å². The Morgan fingerprint density at radius 2 is 2.00 bits per heavy atom. The zero-order valence-electron chi connectivity index (χ0n) is 16.8. The number of carbonyl (C=O) groups is 1. The molecule has 7 atom stereocenters. The Kier molecular flexibility index (Phi) is 5.71. The van der Waals surface area contributed by atoms with Crippen molar-refractivity contribution < 1.29 is 27.3 Å². The van der Waals surface area contributed by atoms with Gasteiger partial charge in [0.1, 0.15) is 12.5 Å². The normalized spacial score (nSPS) is 44.4. The predicted molar refractivity (Wildman–Crippen MR) is 111 cm³/mol. The van der Waals surface area contributed by atoms with E-state index in [2.05, 4.69) is 13.0 Å². The van der Waals surface area contributed by atoms with Crippen molar-refractivity contribution in [2.45, 2.75) is 63.9 Å². The fraction of sp³-hybridized carbons (Fsp3) is 0.857. The first-order valence-electron chi connectivity index (χ1n) is 10.7. The number of Topliss-reactive ketones (excluding diaryl/α,β-unsaturated/α-hetero) is 1. The first-order valence-corrected chi connectivity index (χ1v) is 13.6. The van der Waals surface area contributed by atoms with Gasteiger partial charge >= 0.3 is 9.15 Å². The van der Waals surface area contributed by atoms with Gasteiger partial charge in [-0.05, 0) is 80.5 Å². The first kappa shape index (κ1) is 21.8. The summed E-state index contributed by atoms with van der Waals surface area (Å²) in [6.45, 7) is 1.51. The molecule has 0 bridgehead atoms. The second-order valence-corrected chi connectivity index (χ2v) is 13.3. The number of allylic oxidation sites excluding steroid dienone is 1. The second-order valence-electron chi connectivity index (χ2n) is 9.96. The van der Waals surface area contributed by atoms with Crippen molar-refractivity contribution in [2.75, 3.05) is 12.4 Å². The van der Waals surface area contributed by atoms with Crippen LogP contribution in [0.2, 0.25) is 0 Å². The van der Waals surface area contributed by atoms with Crippen LogP contribution in [0.3, 0.4) is 0 Å². The van der Waals surface area contributed by atoms with Crippen LogP contribution in [-0.4, -0.2) is 41.9 Å². The van der Waals surface area contributed by atoms with Crippen molar-refractivity contribution in [3.05, 3.63) is 11.6 Å². The molecular weight excluding hydrogens is 415 g/mol. The quantitative estimate of drug-likeness (QED) is 0.377. The fourth-order valence-corrected chi connectivity index (χ4v) is 8.50. The van der Waals surface area contributed by atoms with E-state index in [9.17, 15) is 22.7 Å². The van der Waals surface area contributed by atoms with Crippen LogP contribution in [-0.2, 0) is 13.9 Å². The molecule has 4 aliphatic rings. The maximum absolute atomic E-state index is 13.3. The number of alkyl halides is 1. The molecule has 8 heteroatoms. The van der Waals surface area contributed by atoms with Gasteiger partial charge in [0.25, 0.3) is 0 Å². The number of hydrogen-bond acceptors (Lipinski definition) is 5. The maximum atomic E-state index is 13.3. The number of hydrogen-bond donors (Lipinski definition) is 2. The van der Waals surface area contributed by atoms with E-state index in [1.165, 1.54) is 5.57 Å². The van der Waals surface area contributed by atoms with Crippen molar-refractivity contribution in [1.82, 2.24) is 0 Å². The van der Waals surface area contributed by atoms with E-state index in [1.807, 2.05) is 0 Å². The molecule has 0 radical (unpaired) electrons. The minimum Gasteiger partial charge on any atom is -0.387 e. The van der Waals surface area contributed by atoms with Gasteiger partial charge in [-0.15, -0.1) is 0 Å². The predicted octanol–water partition coefficient (Wildman–Crippen LogP) is 3.98. The van der Waals surface area contributed by atoms with Crippen LogP contribution in [0.4, 0.5) is 4.39 Å². The number of halogens is 1. The standard InChI is InChI=1S/C21H31FO5S2/c1-20-8-6-15-14-7-9-21(24,12-22)10-13(14)2-3-16(15)17(20)4-5-18(20)19(23)11-28-29(25,26)27/h2,14-18,24H,3-12H2,1H3,(H,25,26,27)/t14-,15+,16+,17-,18+,20-,21-/m0/s1. The van der Waals surface area contributed by atoms with Crippen molar-refractivity contribution >= 4 is 25.7 Å². The molecule has 0 saturated heterocycles. The maximum Gasteiger partial charge on any atom is 0.320 e. The lowest BCUT2D eigenvalue weighted by molar-refractivity contribution is -0.126. The Balaban J connectivity index is 1.50. The van der Waals surface area contributed by atoms with Gasteiger partial charge < -0.3 is 5.11 Å². The van der Waals surface area contributed by atoms with Crippen molar-refractivity contribution in [3.63, 3.8) is 0 Å². The minimum atomic E-state index is -4.20. The molecule has 3 fully saturated rings. The monoisotopic (exact) mass is 446 g/mol. The van der Waals surface area contributed by atoms with Gasteiger partial charge in [-0.3, -0.25) is 9.35 Å². The summed E-state index contributed by atoms with van der Waals surface area (Å²) in [5.74, 6) is 1.52. The van der Waals surface area contributed by atoms with Crippen LogP contribution in [0, 0.1) is 35.0 Å². The molecule has 29 heavy (non-hydrogen) atoms. The zero-order chi connectivity index (χ0) is 21.0. The Morgan fingerprint density at radius 3 is 2.69 bits per heavy atom. The largest absolute Gasteiger partial charge is 0.387 e. The van der Waals surface area contributed by atoms with Crippen LogP contribution >= 0.6 is 10.8 Å². The van der Waals surface area contributed by atoms with E-state index in [0.29, 0.717) is 47.3 Å². The van der Waals surface area contributed by atoms with E-state index in [0.717, 1.165) is 38.5 Å². The highest BCUT2D eigenvalue weighted by Crippen LogP contribution is 2.63. The van der Waals surface area contributed by atoms with Crippen LogP contribution in [0.25, 0.3) is 0 Å². The lowest BCUT2D eigenvalue weighted by atomic mass is 9.51. The fourth-order valence-electron chi connectivity index (χ4n) is 7.24. The molecule has 0 aliphatic heterocycles. The smallest absolute Gasteiger partial charge is 0.320 e. The topological polar surface area (TPSA) is 91.7 Å². The van der Waals surface area contributed by atoms with Gasteiger partial charge in [-0.2, -0.15) is 8.42 Å². The Morgan fingerprint density at radius 1 is 1.24 bits per heavy atom. The summed E-state index contributed by atoms with van der Waals surface area (Å²) in [6.07, 6.45) is 8.72. The second kappa shape index (κ2) is 7.61. The molecule has 164 valence electrons. The first-order chi connectivity index (χ1) is 13.6. The molecule has 0 spiro atoms. The summed E-state index contributed by atoms with van der Waals surface area (Å²) in [6, 6.07) is 0. The van der Waals surface area contributed by atoms with Crippen LogP contribution < -0.4 is 0 Å². The molecule has 0 aromatic heterocycles. The van der Waals surface area contributed by atoms with Gasteiger partial charge in [-0.1, -0.05) is 18.6 Å². The molecule has 4 rings (SSSR count). The third-order valence-corrected chi connectivity index (χ3v) is 10.5. The molecule has 0 aromatic rings. The van der Waals surface area contributed by atoms with Crippen LogP contribution in [0.1, 0.15) is 58.3 Å². The van der Waals surface area contributed by atoms with Crippen molar-refractivity contribution in [1.29, 1.82) is 0 Å². The Hall–Kier alpha value is -0.440. The summed E-state index contributed by atoms with van der Waals surface area (Å²) in [5, 5.41) is 10.4. The van der Waals surface area contributed by atoms with Gasteiger partial charge in [0.05, 0.1) is 11.4 Å². The van der Waals surface area contributed by atoms with E-state index in [-0.39, 0.29) is 22.9 Å². The molecule has 0 unspecified atom stereocenters. The van der Waals surface area contributed by atoms with Gasteiger partial charge in [-0.25, -0.2) is 4.39 Å². The number of fused-ring (bicyclic) bond motifs is 5. The summed E-state index contributed by atoms with van der Waals surface area (Å²) in [4.78, 5) is 12.8. The molecule has 0 heterocycles. The van der Waals surface area contributed by atoms with E-state index in [4.69, 9.17) is 4.55 Å². The van der Waals surface area contributed by atoms with Gasteiger partial charge in [0.2, 0.25) is 0 Å². The number of aliphatic hydroxyl groups is 1. The zero-order valence-corrected chi connectivity index (χ0v) is 18.5. The molecule has 0 amide bonds. The average molecular weight is 447 g/mol. The number of carbonyl (C=O) groups excluding carboxylic acids is 1. The Labute approximate surface area is 176 Å². The highest BCUT2D eigenvalue weighted by Gasteiger charge is 2.57. The average Bonchev–Trinajstić information content (AvgIpc) is 3.02. The summed E-state index contributed by atoms with van der Waals surface area (Å²) in [5.41, 5.74) is -0.0671. The molecule has 0 aromatic carbocycles. The van der Waals surface area contributed by atoms with E-state index < -0.39 is 21.4 Å². The molecule has 2 N–H and O–H groups in total. The van der Waals surface area contributed by atoms with Crippen molar-refractivity contribution in [3.8, 4) is 0 Å². The summed E-state index contributed by atoms with van der Waals surface area (Å²) >= 11 is 0. The number of rotatable bonds is 5. The van der Waals surface area contributed by atoms with Crippen molar-refractivity contribution in [2.24, 2.45) is 35.0 Å². The minimum absolute atomic E-state index is 0.0613. The van der Waals surface area contributed by atoms with E-state index >= 15 is 0 Å². The lowest BCUT2D eigenvalue weighted by Crippen LogP contribution is -2.49. The third-order valence-electron chi connectivity index (χ3n) is 8.58. The molecule has 4 aliphatic carbocycles.